The largest absolute Gasteiger partial charge is 0.472 e. The Morgan fingerprint density at radius 2 is 0.621 bits per heavy atom. The number of phosphoric ester groups is 2. The van der Waals surface area contributed by atoms with Crippen molar-refractivity contribution in [2.75, 3.05) is 39.6 Å². The second-order valence-corrected chi connectivity index (χ2v) is 24.4. The summed E-state index contributed by atoms with van der Waals surface area (Å²) in [7, 11) is -9.79. The van der Waals surface area contributed by atoms with Crippen molar-refractivity contribution in [3.05, 3.63) is 122 Å². The van der Waals surface area contributed by atoms with E-state index in [0.29, 0.717) is 19.3 Å². The maximum atomic E-state index is 12.9. The van der Waals surface area contributed by atoms with Crippen molar-refractivity contribution in [1.82, 2.24) is 0 Å². The number of carbonyl (C=O) groups is 3. The average Bonchev–Trinajstić information content (AvgIpc) is 3.57. The highest BCUT2D eigenvalue weighted by Crippen LogP contribution is 2.45. The summed E-state index contributed by atoms with van der Waals surface area (Å²) >= 11 is 0. The number of allylic oxidation sites excluding steroid dienone is 20. The second-order valence-electron chi connectivity index (χ2n) is 21.5. The van der Waals surface area contributed by atoms with E-state index in [1.807, 2.05) is 0 Å². The lowest BCUT2D eigenvalue weighted by atomic mass is 10.1. The summed E-state index contributed by atoms with van der Waals surface area (Å²) in [5.41, 5.74) is 0. The van der Waals surface area contributed by atoms with Crippen LogP contribution in [0, 0.1) is 0 Å². The van der Waals surface area contributed by atoms with Gasteiger partial charge in [-0.1, -0.05) is 213 Å². The molecule has 16 nitrogen and oxygen atoms in total. The molecule has 0 rings (SSSR count). The van der Waals surface area contributed by atoms with Gasteiger partial charge >= 0.3 is 33.6 Å². The second kappa shape index (κ2) is 62.2. The van der Waals surface area contributed by atoms with E-state index < -0.39 is 91.5 Å². The molecule has 498 valence electrons. The summed E-state index contributed by atoms with van der Waals surface area (Å²) in [5, 5.41) is 20.5. The van der Waals surface area contributed by atoms with Gasteiger partial charge in [-0.15, -0.1) is 0 Å². The molecule has 0 saturated heterocycles. The molecule has 0 aliphatic heterocycles. The van der Waals surface area contributed by atoms with Crippen LogP contribution < -0.4 is 0 Å². The normalized spacial score (nSPS) is 15.1. The molecular formula is C69H116O16P2. The average molecular weight is 1260 g/mol. The van der Waals surface area contributed by atoms with Crippen molar-refractivity contribution in [2.24, 2.45) is 0 Å². The van der Waals surface area contributed by atoms with Crippen molar-refractivity contribution in [3.8, 4) is 0 Å². The van der Waals surface area contributed by atoms with Gasteiger partial charge in [-0.05, 0) is 128 Å². The number of carbonyl (C=O) groups excluding carboxylic acids is 3. The topological polar surface area (TPSA) is 231 Å². The van der Waals surface area contributed by atoms with Crippen LogP contribution in [-0.4, -0.2) is 95.9 Å². The third kappa shape index (κ3) is 63.3. The van der Waals surface area contributed by atoms with Crippen molar-refractivity contribution in [2.45, 2.75) is 257 Å². The number of phosphoric acid groups is 2. The third-order valence-corrected chi connectivity index (χ3v) is 15.0. The molecule has 0 aromatic heterocycles. The molecule has 0 bridgehead atoms. The monoisotopic (exact) mass is 1260 g/mol. The lowest BCUT2D eigenvalue weighted by molar-refractivity contribution is -0.161. The van der Waals surface area contributed by atoms with Crippen molar-refractivity contribution in [3.63, 3.8) is 0 Å². The van der Waals surface area contributed by atoms with Gasteiger partial charge in [-0.25, -0.2) is 9.13 Å². The van der Waals surface area contributed by atoms with Gasteiger partial charge in [0.05, 0.1) is 26.4 Å². The Kier molecular flexibility index (Phi) is 59.3. The Hall–Kier alpha value is -4.05. The molecule has 0 aromatic carbocycles. The molecule has 0 radical (unpaired) electrons. The van der Waals surface area contributed by atoms with E-state index >= 15 is 0 Å². The molecule has 0 amide bonds. The highest BCUT2D eigenvalue weighted by Gasteiger charge is 2.29. The molecule has 0 heterocycles. The quantitative estimate of drug-likeness (QED) is 0.0146. The van der Waals surface area contributed by atoms with E-state index in [1.165, 1.54) is 32.1 Å². The minimum absolute atomic E-state index is 0.0873. The maximum Gasteiger partial charge on any atom is 0.472 e. The van der Waals surface area contributed by atoms with E-state index in [4.69, 9.17) is 32.3 Å². The Morgan fingerprint density at radius 1 is 0.333 bits per heavy atom. The summed E-state index contributed by atoms with van der Waals surface area (Å²) in [4.78, 5) is 58.2. The van der Waals surface area contributed by atoms with Crippen LogP contribution in [0.2, 0.25) is 0 Å². The Morgan fingerprint density at radius 3 is 1.03 bits per heavy atom. The van der Waals surface area contributed by atoms with Gasteiger partial charge in [0.1, 0.15) is 25.4 Å². The molecule has 0 aliphatic carbocycles. The van der Waals surface area contributed by atoms with Crippen LogP contribution in [0.5, 0.6) is 0 Å². The molecule has 18 heteroatoms. The Balaban J connectivity index is 4.66. The van der Waals surface area contributed by atoms with E-state index in [0.717, 1.165) is 148 Å². The molecule has 0 aliphatic rings. The van der Waals surface area contributed by atoms with Crippen molar-refractivity contribution >= 4 is 33.6 Å². The number of aliphatic hydroxyl groups excluding tert-OH is 2. The summed E-state index contributed by atoms with van der Waals surface area (Å²) in [6, 6.07) is 0. The first-order chi connectivity index (χ1) is 42.2. The molecule has 5 unspecified atom stereocenters. The number of hydrogen-bond donors (Lipinski definition) is 4. The molecule has 4 N–H and O–H groups in total. The van der Waals surface area contributed by atoms with Gasteiger partial charge in [0, 0.05) is 19.3 Å². The first-order valence-electron chi connectivity index (χ1n) is 32.8. The summed E-state index contributed by atoms with van der Waals surface area (Å²) in [5.74, 6) is -1.65. The highest BCUT2D eigenvalue weighted by molar-refractivity contribution is 7.47. The molecule has 5 atom stereocenters. The van der Waals surface area contributed by atoms with E-state index in [-0.39, 0.29) is 19.3 Å². The molecule has 0 spiro atoms. The van der Waals surface area contributed by atoms with E-state index in [9.17, 15) is 43.5 Å². The van der Waals surface area contributed by atoms with E-state index in [1.54, 1.807) is 0 Å². The smallest absolute Gasteiger partial charge is 0.463 e. The minimum Gasteiger partial charge on any atom is -0.463 e. The number of ether oxygens (including phenoxy) is 3. The van der Waals surface area contributed by atoms with Crippen LogP contribution in [0.4, 0.5) is 0 Å². The standard InChI is InChI=1S/C69H116O16P2/c1-4-7-10-13-16-19-22-24-26-28-30-31-33-35-36-38-41-43-46-49-52-55-67(72)79-58-64(70)59-81-86(75,76)82-60-65(71)61-83-87(77,78)84-63-66(85-69(74)57-54-51-48-45-40-21-18-15-12-9-6-3)62-80-68(73)56-53-50-47-44-42-39-37-34-32-29-27-25-23-20-17-14-11-8-5-2/h7,10,15-20,24-27,30-32,34-36,41,43,64-66,70-71H,4-6,8-9,11-14,21-23,28-29,33,37-40,42,44-63H2,1-3H3,(H,75,76)(H,77,78)/b10-7-,18-15-,19-16-,20-17-,26-24-,27-25-,31-30-,34-32-,36-35-,43-41-. The fraction of sp³-hybridized carbons (Fsp3) is 0.667. The van der Waals surface area contributed by atoms with Gasteiger partial charge in [-0.2, -0.15) is 0 Å². The molecule has 87 heavy (non-hydrogen) atoms. The number of rotatable bonds is 61. The minimum atomic E-state index is -4.93. The van der Waals surface area contributed by atoms with Crippen LogP contribution in [0.3, 0.4) is 0 Å². The Bertz CT molecular complexity index is 2070. The van der Waals surface area contributed by atoms with Gasteiger partial charge in [-0.3, -0.25) is 32.5 Å². The van der Waals surface area contributed by atoms with Gasteiger partial charge in [0.2, 0.25) is 0 Å². The molecule has 0 saturated carbocycles. The SMILES string of the molecule is CC/C=C\C/C=C\C/C=C\C/C=C\C/C=C\C/C=C\CCCCC(=O)OCC(O)COP(=O)(O)OCC(O)COP(=O)(O)OCC(COC(=O)CCCCCCCC/C=C\C/C=C\C/C=C\CCCCC)OC(=O)CCCCCCC/C=C\CCCC. The molecule has 0 fully saturated rings. The van der Waals surface area contributed by atoms with Crippen LogP contribution in [0.1, 0.15) is 239 Å². The van der Waals surface area contributed by atoms with Crippen molar-refractivity contribution in [1.29, 1.82) is 0 Å². The zero-order valence-corrected chi connectivity index (χ0v) is 55.4. The molecule has 0 aromatic rings. The number of unbranched alkanes of at least 4 members (excludes halogenated alkanes) is 18. The zero-order chi connectivity index (χ0) is 63.8. The first kappa shape index (κ1) is 83.0. The van der Waals surface area contributed by atoms with Crippen LogP contribution >= 0.6 is 15.6 Å². The third-order valence-electron chi connectivity index (χ3n) is 13.1. The first-order valence-corrected chi connectivity index (χ1v) is 35.8. The Labute approximate surface area is 525 Å². The van der Waals surface area contributed by atoms with Gasteiger partial charge < -0.3 is 34.2 Å². The van der Waals surface area contributed by atoms with Gasteiger partial charge in [0.15, 0.2) is 6.10 Å². The van der Waals surface area contributed by atoms with Crippen LogP contribution in [-0.2, 0) is 55.8 Å². The summed E-state index contributed by atoms with van der Waals surface area (Å²) in [6.07, 6.45) is 69.8. The highest BCUT2D eigenvalue weighted by atomic mass is 31.2. The van der Waals surface area contributed by atoms with Crippen molar-refractivity contribution < 1.29 is 75.8 Å². The fourth-order valence-electron chi connectivity index (χ4n) is 8.09. The predicted molar refractivity (Wildman–Crippen MR) is 353 cm³/mol. The maximum absolute atomic E-state index is 12.9. The lowest BCUT2D eigenvalue weighted by Crippen LogP contribution is -2.30. The fourth-order valence-corrected chi connectivity index (χ4v) is 9.67. The zero-order valence-electron chi connectivity index (χ0n) is 53.6. The summed E-state index contributed by atoms with van der Waals surface area (Å²) in [6.45, 7) is 2.38. The number of aliphatic hydroxyl groups is 2. The number of hydrogen-bond acceptors (Lipinski definition) is 14. The van der Waals surface area contributed by atoms with E-state index in [2.05, 4.69) is 142 Å². The van der Waals surface area contributed by atoms with Crippen LogP contribution in [0.15, 0.2) is 122 Å². The van der Waals surface area contributed by atoms with Gasteiger partial charge in [0.25, 0.3) is 0 Å². The predicted octanol–water partition coefficient (Wildman–Crippen LogP) is 17.9. The number of esters is 3. The van der Waals surface area contributed by atoms with Crippen LogP contribution in [0.25, 0.3) is 0 Å². The lowest BCUT2D eigenvalue weighted by Gasteiger charge is -2.21. The summed E-state index contributed by atoms with van der Waals surface area (Å²) < 4.78 is 60.7. The molecular weight excluding hydrogens is 1150 g/mol.